The van der Waals surface area contributed by atoms with Gasteiger partial charge in [-0.25, -0.2) is 0 Å². The van der Waals surface area contributed by atoms with Crippen LogP contribution in [0, 0.1) is 12.3 Å². The van der Waals surface area contributed by atoms with Gasteiger partial charge in [0.1, 0.15) is 5.78 Å². The maximum Gasteiger partial charge on any atom is 0.226 e. The van der Waals surface area contributed by atoms with Crippen molar-refractivity contribution in [1.29, 1.82) is 0 Å². The SMILES string of the molecule is CCC(=O)N(C)c1ccc(C23CC(C(=O)CCc4ccc(C)nc4)(C2)C3)cc1. The van der Waals surface area contributed by atoms with Crippen LogP contribution in [0.1, 0.15) is 55.8 Å². The lowest BCUT2D eigenvalue weighted by Crippen LogP contribution is -2.67. The number of carbonyl (C=O) groups is 2. The molecule has 1 amide bonds. The summed E-state index contributed by atoms with van der Waals surface area (Å²) in [7, 11) is 1.82. The van der Waals surface area contributed by atoms with Crippen molar-refractivity contribution in [1.82, 2.24) is 4.98 Å². The lowest BCUT2D eigenvalue weighted by atomic mass is 9.32. The summed E-state index contributed by atoms with van der Waals surface area (Å²) in [5, 5.41) is 0. The van der Waals surface area contributed by atoms with E-state index in [-0.39, 0.29) is 16.7 Å². The Balaban J connectivity index is 1.34. The predicted molar refractivity (Wildman–Crippen MR) is 110 cm³/mol. The van der Waals surface area contributed by atoms with Gasteiger partial charge in [0.25, 0.3) is 0 Å². The Kier molecular flexibility index (Phi) is 4.60. The van der Waals surface area contributed by atoms with Crippen molar-refractivity contribution < 1.29 is 9.59 Å². The van der Waals surface area contributed by atoms with Crippen molar-refractivity contribution in [3.8, 4) is 0 Å². The molecule has 4 nitrogen and oxygen atoms in total. The zero-order valence-electron chi connectivity index (χ0n) is 17.0. The molecule has 1 heterocycles. The van der Waals surface area contributed by atoms with Crippen LogP contribution in [0.3, 0.4) is 0 Å². The van der Waals surface area contributed by atoms with E-state index in [4.69, 9.17) is 0 Å². The van der Waals surface area contributed by atoms with Crippen LogP contribution in [0.25, 0.3) is 0 Å². The van der Waals surface area contributed by atoms with Gasteiger partial charge in [-0.1, -0.05) is 25.1 Å². The highest BCUT2D eigenvalue weighted by atomic mass is 16.2. The second-order valence-electron chi connectivity index (χ2n) is 8.68. The van der Waals surface area contributed by atoms with Crippen molar-refractivity contribution in [2.45, 2.75) is 57.8 Å². The Hall–Kier alpha value is -2.49. The van der Waals surface area contributed by atoms with Crippen molar-refractivity contribution >= 4 is 17.4 Å². The average molecular weight is 377 g/mol. The number of benzene rings is 1. The van der Waals surface area contributed by atoms with Crippen LogP contribution in [0.5, 0.6) is 0 Å². The fourth-order valence-electron chi connectivity index (χ4n) is 4.98. The van der Waals surface area contributed by atoms with Gasteiger partial charge in [0, 0.05) is 42.9 Å². The topological polar surface area (TPSA) is 50.3 Å². The smallest absolute Gasteiger partial charge is 0.226 e. The van der Waals surface area contributed by atoms with Crippen molar-refractivity contribution in [2.75, 3.05) is 11.9 Å². The molecular weight excluding hydrogens is 348 g/mol. The first kappa shape index (κ1) is 18.9. The van der Waals surface area contributed by atoms with Crippen LogP contribution in [0.4, 0.5) is 5.69 Å². The summed E-state index contributed by atoms with van der Waals surface area (Å²) in [4.78, 5) is 30.7. The number of hydrogen-bond donors (Lipinski definition) is 0. The number of nitrogens with zero attached hydrogens (tertiary/aromatic N) is 2. The Morgan fingerprint density at radius 2 is 1.75 bits per heavy atom. The number of carbonyl (C=O) groups excluding carboxylic acids is 2. The number of aromatic nitrogens is 1. The molecule has 28 heavy (non-hydrogen) atoms. The molecular formula is C24H28N2O2. The largest absolute Gasteiger partial charge is 0.316 e. The van der Waals surface area contributed by atoms with E-state index in [1.807, 2.05) is 45.3 Å². The van der Waals surface area contributed by atoms with Crippen LogP contribution < -0.4 is 4.90 Å². The highest BCUT2D eigenvalue weighted by molar-refractivity contribution is 5.92. The minimum Gasteiger partial charge on any atom is -0.316 e. The molecule has 2 aromatic rings. The highest BCUT2D eigenvalue weighted by Gasteiger charge is 2.70. The minimum atomic E-state index is -0.0776. The van der Waals surface area contributed by atoms with Crippen molar-refractivity contribution in [3.05, 3.63) is 59.4 Å². The van der Waals surface area contributed by atoms with Crippen LogP contribution in [0.15, 0.2) is 42.6 Å². The average Bonchev–Trinajstić information content (AvgIpc) is 2.65. The Morgan fingerprint density at radius 1 is 1.07 bits per heavy atom. The monoisotopic (exact) mass is 376 g/mol. The number of pyridine rings is 1. The highest BCUT2D eigenvalue weighted by Crippen LogP contribution is 2.74. The molecule has 0 N–H and O–H groups in total. The Bertz CT molecular complexity index is 879. The van der Waals surface area contributed by atoms with Gasteiger partial charge in [-0.15, -0.1) is 0 Å². The maximum atomic E-state index is 12.8. The van der Waals surface area contributed by atoms with Gasteiger partial charge in [0.2, 0.25) is 5.91 Å². The standard InChI is InChI=1S/C24H28N2O2/c1-4-22(28)26(3)20-10-8-19(9-11-20)23-14-24(15-23,16-23)21(27)12-7-18-6-5-17(2)25-13-18/h5-6,8-11,13H,4,7,12,14-16H2,1-3H3. The number of anilines is 1. The number of amides is 1. The van der Waals surface area contributed by atoms with E-state index in [1.165, 1.54) is 5.56 Å². The summed E-state index contributed by atoms with van der Waals surface area (Å²) in [6.45, 7) is 3.85. The second-order valence-corrected chi connectivity index (χ2v) is 8.68. The number of aryl methyl sites for hydroxylation is 2. The van der Waals surface area contributed by atoms with Gasteiger partial charge in [-0.2, -0.15) is 0 Å². The van der Waals surface area contributed by atoms with Gasteiger partial charge >= 0.3 is 0 Å². The molecule has 0 spiro atoms. The number of ketones is 1. The normalized spacial score (nSPS) is 24.8. The zero-order chi connectivity index (χ0) is 19.9. The first-order chi connectivity index (χ1) is 13.4. The van der Waals surface area contributed by atoms with Gasteiger partial charge in [-0.05, 0) is 67.3 Å². The van der Waals surface area contributed by atoms with Crippen LogP contribution in [-0.2, 0) is 21.4 Å². The Labute approximate surface area is 167 Å². The third-order valence-corrected chi connectivity index (χ3v) is 6.78. The van der Waals surface area contributed by atoms with E-state index in [1.54, 1.807) is 4.90 Å². The molecule has 146 valence electrons. The van der Waals surface area contributed by atoms with Gasteiger partial charge < -0.3 is 4.90 Å². The summed E-state index contributed by atoms with van der Waals surface area (Å²) >= 11 is 0. The maximum absolute atomic E-state index is 12.8. The van der Waals surface area contributed by atoms with E-state index >= 15 is 0 Å². The molecule has 0 aliphatic heterocycles. The molecule has 0 radical (unpaired) electrons. The molecule has 5 rings (SSSR count). The van der Waals surface area contributed by atoms with Crippen LogP contribution in [0.2, 0.25) is 0 Å². The zero-order valence-corrected chi connectivity index (χ0v) is 17.0. The summed E-state index contributed by atoms with van der Waals surface area (Å²) < 4.78 is 0. The molecule has 3 aliphatic rings. The van der Waals surface area contributed by atoms with Gasteiger partial charge in [0.05, 0.1) is 0 Å². The summed E-state index contributed by atoms with van der Waals surface area (Å²) in [6.07, 6.45) is 6.73. The first-order valence-corrected chi connectivity index (χ1v) is 10.2. The van der Waals surface area contributed by atoms with E-state index in [0.29, 0.717) is 18.6 Å². The van der Waals surface area contributed by atoms with E-state index in [2.05, 4.69) is 23.2 Å². The predicted octanol–water partition coefficient (Wildman–Crippen LogP) is 4.39. The molecule has 2 bridgehead atoms. The lowest BCUT2D eigenvalue weighted by Gasteiger charge is -2.70. The summed E-state index contributed by atoms with van der Waals surface area (Å²) in [5.41, 5.74) is 4.50. The van der Waals surface area contributed by atoms with Crippen molar-refractivity contribution in [2.24, 2.45) is 5.41 Å². The molecule has 3 fully saturated rings. The molecule has 0 saturated heterocycles. The second kappa shape index (κ2) is 6.84. The quantitative estimate of drug-likeness (QED) is 0.720. The minimum absolute atomic E-state index is 0.0776. The molecule has 4 heteroatoms. The van der Waals surface area contributed by atoms with E-state index in [0.717, 1.165) is 42.6 Å². The molecule has 3 saturated carbocycles. The molecule has 1 aromatic carbocycles. The van der Waals surface area contributed by atoms with Crippen LogP contribution >= 0.6 is 0 Å². The number of Topliss-reactive ketones (excluding diaryl/α,β-unsaturated/α-hetero) is 1. The third kappa shape index (κ3) is 3.05. The fraction of sp³-hybridized carbons (Fsp3) is 0.458. The van der Waals surface area contributed by atoms with Crippen LogP contribution in [-0.4, -0.2) is 23.7 Å². The van der Waals surface area contributed by atoms with Crippen molar-refractivity contribution in [3.63, 3.8) is 0 Å². The molecule has 3 aliphatic carbocycles. The molecule has 1 aromatic heterocycles. The number of rotatable bonds is 7. The first-order valence-electron chi connectivity index (χ1n) is 10.2. The summed E-state index contributed by atoms with van der Waals surface area (Å²) in [6, 6.07) is 12.4. The van der Waals surface area contributed by atoms with Gasteiger partial charge in [-0.3, -0.25) is 14.6 Å². The van der Waals surface area contributed by atoms with E-state index in [9.17, 15) is 9.59 Å². The lowest BCUT2D eigenvalue weighted by molar-refractivity contribution is -0.173. The molecule has 0 unspecified atom stereocenters. The fourth-order valence-corrected chi connectivity index (χ4v) is 4.98. The van der Waals surface area contributed by atoms with E-state index < -0.39 is 0 Å². The third-order valence-electron chi connectivity index (χ3n) is 6.78. The molecule has 0 atom stereocenters. The Morgan fingerprint density at radius 3 is 2.32 bits per heavy atom. The summed E-state index contributed by atoms with van der Waals surface area (Å²) in [5.74, 6) is 0.534. The number of hydrogen-bond acceptors (Lipinski definition) is 3. The van der Waals surface area contributed by atoms with Gasteiger partial charge in [0.15, 0.2) is 0 Å².